The number of carbonyl (C=O) groups is 1. The molecule has 2 heterocycles. The molecule has 1 aromatic heterocycles. The molecule has 2 aliphatic rings. The van der Waals surface area contributed by atoms with E-state index in [0.29, 0.717) is 12.6 Å². The van der Waals surface area contributed by atoms with E-state index in [4.69, 9.17) is 0 Å². The van der Waals surface area contributed by atoms with Crippen LogP contribution in [0, 0.1) is 5.92 Å². The Balaban J connectivity index is 1.58. The molecule has 3 N–H and O–H groups in total. The lowest BCUT2D eigenvalue weighted by Crippen LogP contribution is -2.48. The number of likely N-dealkylation sites (N-methyl/N-ethyl adjacent to an activating group) is 1. The van der Waals surface area contributed by atoms with Gasteiger partial charge in [-0.2, -0.15) is 0 Å². The molecule has 0 radical (unpaired) electrons. The van der Waals surface area contributed by atoms with E-state index in [1.165, 1.54) is 0 Å². The minimum atomic E-state index is -0.240. The fraction of sp³-hybridized carbons (Fsp3) is 0.667. The number of aliphatic hydroxyl groups is 1. The minimum Gasteiger partial charge on any atom is -0.393 e. The van der Waals surface area contributed by atoms with Gasteiger partial charge in [0.15, 0.2) is 0 Å². The zero-order valence-corrected chi connectivity index (χ0v) is 14.3. The number of nitrogens with zero attached hydrogens (tertiary/aromatic N) is 2. The van der Waals surface area contributed by atoms with Crippen molar-refractivity contribution < 1.29 is 9.90 Å². The summed E-state index contributed by atoms with van der Waals surface area (Å²) in [6.07, 6.45) is 5.14. The van der Waals surface area contributed by atoms with Gasteiger partial charge in [-0.25, -0.2) is 0 Å². The third kappa shape index (κ3) is 4.32. The first-order valence-corrected chi connectivity index (χ1v) is 8.93. The van der Waals surface area contributed by atoms with Crippen LogP contribution in [0.5, 0.6) is 0 Å². The molecule has 2 fully saturated rings. The summed E-state index contributed by atoms with van der Waals surface area (Å²) in [6, 6.07) is 6.13. The summed E-state index contributed by atoms with van der Waals surface area (Å²) >= 11 is 0. The number of pyridine rings is 1. The highest BCUT2D eigenvalue weighted by molar-refractivity contribution is 5.78. The van der Waals surface area contributed by atoms with Gasteiger partial charge in [0, 0.05) is 12.2 Å². The second-order valence-corrected chi connectivity index (χ2v) is 7.08. The van der Waals surface area contributed by atoms with Crippen molar-refractivity contribution in [1.29, 1.82) is 0 Å². The maximum Gasteiger partial charge on any atom is 0.234 e. The maximum absolute atomic E-state index is 12.5. The smallest absolute Gasteiger partial charge is 0.234 e. The molecule has 132 valence electrons. The SMILES string of the molecule is CN(CC(=O)N[C@@H](c1ccccn1)C1CC(O)C1)C1CCNCC1. The predicted octanol–water partition coefficient (Wildman–Crippen LogP) is 0.694. The highest BCUT2D eigenvalue weighted by Crippen LogP contribution is 2.37. The highest BCUT2D eigenvalue weighted by atomic mass is 16.3. The van der Waals surface area contributed by atoms with Crippen molar-refractivity contribution >= 4 is 5.91 Å². The topological polar surface area (TPSA) is 77.5 Å². The Morgan fingerprint density at radius 1 is 1.42 bits per heavy atom. The van der Waals surface area contributed by atoms with Crippen LogP contribution >= 0.6 is 0 Å². The molecule has 1 atom stereocenters. The lowest BCUT2D eigenvalue weighted by molar-refractivity contribution is -0.124. The first kappa shape index (κ1) is 17.3. The normalized spacial score (nSPS) is 26.0. The van der Waals surface area contributed by atoms with Crippen LogP contribution in [0.1, 0.15) is 37.4 Å². The minimum absolute atomic E-state index is 0.0353. The Hall–Kier alpha value is -1.50. The third-order valence-corrected chi connectivity index (χ3v) is 5.27. The predicted molar refractivity (Wildman–Crippen MR) is 92.4 cm³/mol. The summed E-state index contributed by atoms with van der Waals surface area (Å²) in [6.45, 7) is 2.45. The number of rotatable bonds is 6. The molecule has 1 aliphatic heterocycles. The van der Waals surface area contributed by atoms with E-state index in [1.54, 1.807) is 6.20 Å². The Bertz CT molecular complexity index is 527. The van der Waals surface area contributed by atoms with Crippen molar-refractivity contribution in [2.45, 2.75) is 43.9 Å². The summed E-state index contributed by atoms with van der Waals surface area (Å²) < 4.78 is 0. The Morgan fingerprint density at radius 3 is 2.79 bits per heavy atom. The van der Waals surface area contributed by atoms with E-state index in [9.17, 15) is 9.90 Å². The largest absolute Gasteiger partial charge is 0.393 e. The summed E-state index contributed by atoms with van der Waals surface area (Å²) in [5.74, 6) is 0.302. The monoisotopic (exact) mass is 332 g/mol. The van der Waals surface area contributed by atoms with Crippen LogP contribution in [0.15, 0.2) is 24.4 Å². The molecular formula is C18H28N4O2. The van der Waals surface area contributed by atoms with Crippen molar-refractivity contribution in [3.8, 4) is 0 Å². The second-order valence-electron chi connectivity index (χ2n) is 7.08. The van der Waals surface area contributed by atoms with Crippen molar-refractivity contribution in [2.24, 2.45) is 5.92 Å². The van der Waals surface area contributed by atoms with Crippen molar-refractivity contribution in [2.75, 3.05) is 26.7 Å². The molecule has 0 bridgehead atoms. The third-order valence-electron chi connectivity index (χ3n) is 5.27. The first-order valence-electron chi connectivity index (χ1n) is 8.93. The van der Waals surface area contributed by atoms with Crippen LogP contribution in [0.25, 0.3) is 0 Å². The van der Waals surface area contributed by atoms with Crippen LogP contribution in [-0.4, -0.2) is 59.7 Å². The number of amides is 1. The molecule has 1 saturated heterocycles. The van der Waals surface area contributed by atoms with E-state index in [1.807, 2.05) is 25.2 Å². The van der Waals surface area contributed by atoms with Crippen LogP contribution in [0.4, 0.5) is 0 Å². The van der Waals surface area contributed by atoms with Gasteiger partial charge in [-0.05, 0) is 63.9 Å². The number of piperidine rings is 1. The number of nitrogens with one attached hydrogen (secondary N) is 2. The quantitative estimate of drug-likeness (QED) is 0.715. The van der Waals surface area contributed by atoms with Crippen LogP contribution in [-0.2, 0) is 4.79 Å². The van der Waals surface area contributed by atoms with Gasteiger partial charge >= 0.3 is 0 Å². The van der Waals surface area contributed by atoms with Crippen LogP contribution in [0.3, 0.4) is 0 Å². The molecule has 0 unspecified atom stereocenters. The zero-order valence-electron chi connectivity index (χ0n) is 14.3. The summed E-state index contributed by atoms with van der Waals surface area (Å²) in [5.41, 5.74) is 0.882. The van der Waals surface area contributed by atoms with Crippen molar-refractivity contribution in [3.63, 3.8) is 0 Å². The molecule has 3 rings (SSSR count). The Morgan fingerprint density at radius 2 is 2.17 bits per heavy atom. The average Bonchev–Trinajstić information content (AvgIpc) is 2.59. The molecule has 24 heavy (non-hydrogen) atoms. The maximum atomic E-state index is 12.5. The van der Waals surface area contributed by atoms with Gasteiger partial charge < -0.3 is 15.7 Å². The fourth-order valence-corrected chi connectivity index (χ4v) is 3.72. The molecule has 6 heteroatoms. The number of hydrogen-bond donors (Lipinski definition) is 3. The molecular weight excluding hydrogens is 304 g/mol. The van der Waals surface area contributed by atoms with Gasteiger partial charge in [-0.1, -0.05) is 6.07 Å². The molecule has 1 aliphatic carbocycles. The summed E-state index contributed by atoms with van der Waals surface area (Å²) in [7, 11) is 2.03. The fourth-order valence-electron chi connectivity index (χ4n) is 3.72. The van der Waals surface area contributed by atoms with E-state index < -0.39 is 0 Å². The van der Waals surface area contributed by atoms with Gasteiger partial charge in [0.1, 0.15) is 0 Å². The molecule has 0 aromatic carbocycles. The van der Waals surface area contributed by atoms with E-state index in [0.717, 1.165) is 44.5 Å². The molecule has 1 aromatic rings. The average molecular weight is 332 g/mol. The van der Waals surface area contributed by atoms with E-state index in [2.05, 4.69) is 20.5 Å². The van der Waals surface area contributed by atoms with Crippen LogP contribution < -0.4 is 10.6 Å². The Kier molecular flexibility index (Phi) is 5.81. The highest BCUT2D eigenvalue weighted by Gasteiger charge is 2.36. The van der Waals surface area contributed by atoms with Crippen LogP contribution in [0.2, 0.25) is 0 Å². The standard InChI is InChI=1S/C18H28N4O2/c1-22(14-5-8-19-9-6-14)12-17(24)21-18(13-10-15(23)11-13)16-4-2-3-7-20-16/h2-4,7,13-15,18-19,23H,5-6,8-12H2,1H3,(H,21,24)/t13?,15?,18-/m1/s1. The van der Waals surface area contributed by atoms with E-state index >= 15 is 0 Å². The number of aliphatic hydroxyl groups excluding tert-OH is 1. The number of carbonyl (C=O) groups excluding carboxylic acids is 1. The number of hydrogen-bond acceptors (Lipinski definition) is 5. The van der Waals surface area contributed by atoms with Gasteiger partial charge in [0.25, 0.3) is 0 Å². The zero-order chi connectivity index (χ0) is 16.9. The van der Waals surface area contributed by atoms with Crippen molar-refractivity contribution in [3.05, 3.63) is 30.1 Å². The van der Waals surface area contributed by atoms with E-state index in [-0.39, 0.29) is 24.0 Å². The molecule has 1 amide bonds. The first-order chi connectivity index (χ1) is 11.6. The number of aromatic nitrogens is 1. The van der Waals surface area contributed by atoms with Gasteiger partial charge in [-0.15, -0.1) is 0 Å². The van der Waals surface area contributed by atoms with Gasteiger partial charge in [0.05, 0.1) is 24.4 Å². The molecule has 1 saturated carbocycles. The lowest BCUT2D eigenvalue weighted by Gasteiger charge is -2.38. The van der Waals surface area contributed by atoms with Gasteiger partial charge in [0.2, 0.25) is 5.91 Å². The van der Waals surface area contributed by atoms with Crippen molar-refractivity contribution in [1.82, 2.24) is 20.5 Å². The van der Waals surface area contributed by atoms with Gasteiger partial charge in [-0.3, -0.25) is 14.7 Å². The molecule has 0 spiro atoms. The lowest BCUT2D eigenvalue weighted by atomic mass is 9.76. The second kappa shape index (κ2) is 8.05. The Labute approximate surface area is 143 Å². The summed E-state index contributed by atoms with van der Waals surface area (Å²) in [5, 5.41) is 16.1. The summed E-state index contributed by atoms with van der Waals surface area (Å²) in [4.78, 5) is 19.1. The molecule has 6 nitrogen and oxygen atoms in total.